The van der Waals surface area contributed by atoms with E-state index in [1.807, 2.05) is 31.2 Å². The number of ketones is 1. The Bertz CT molecular complexity index is 698. The number of anilines is 2. The molecule has 120 valence electrons. The van der Waals surface area contributed by atoms with E-state index in [0.717, 1.165) is 5.69 Å². The number of benzene rings is 2. The van der Waals surface area contributed by atoms with Crippen LogP contribution in [0.3, 0.4) is 0 Å². The van der Waals surface area contributed by atoms with Crippen LogP contribution >= 0.6 is 0 Å². The van der Waals surface area contributed by atoms with E-state index < -0.39 is 0 Å². The van der Waals surface area contributed by atoms with Crippen molar-refractivity contribution in [1.82, 2.24) is 0 Å². The standard InChI is InChI=1S/C18H20N2O3/c1-3-23-17-11-7-6-10-16(17)19-12-18(22)20-15-9-5-4-8-14(15)13(2)21/h4-11,19H,3,12H2,1-2H3,(H,20,22). The molecule has 0 saturated carbocycles. The monoisotopic (exact) mass is 312 g/mol. The molecule has 0 bridgehead atoms. The molecular weight excluding hydrogens is 292 g/mol. The number of amides is 1. The number of Topliss-reactive ketones (excluding diaryl/α,β-unsaturated/α-hetero) is 1. The summed E-state index contributed by atoms with van der Waals surface area (Å²) in [7, 11) is 0. The molecule has 2 N–H and O–H groups in total. The Morgan fingerprint density at radius 3 is 2.35 bits per heavy atom. The van der Waals surface area contributed by atoms with E-state index in [4.69, 9.17) is 4.74 Å². The van der Waals surface area contributed by atoms with Crippen LogP contribution in [-0.2, 0) is 4.79 Å². The van der Waals surface area contributed by atoms with E-state index in [-0.39, 0.29) is 18.2 Å². The largest absolute Gasteiger partial charge is 0.492 e. The summed E-state index contributed by atoms with van der Waals surface area (Å²) in [5, 5.41) is 5.80. The third kappa shape index (κ3) is 4.57. The van der Waals surface area contributed by atoms with Gasteiger partial charge in [0.25, 0.3) is 0 Å². The number of rotatable bonds is 7. The van der Waals surface area contributed by atoms with Crippen LogP contribution in [0.1, 0.15) is 24.2 Å². The molecule has 0 aliphatic heterocycles. The maximum atomic E-state index is 12.1. The Morgan fingerprint density at radius 1 is 1.00 bits per heavy atom. The molecule has 0 atom stereocenters. The molecule has 1 amide bonds. The Morgan fingerprint density at radius 2 is 1.65 bits per heavy atom. The van der Waals surface area contributed by atoms with Crippen LogP contribution < -0.4 is 15.4 Å². The first-order chi connectivity index (χ1) is 11.1. The first-order valence-electron chi connectivity index (χ1n) is 7.47. The summed E-state index contributed by atoms with van der Waals surface area (Å²) >= 11 is 0. The van der Waals surface area contributed by atoms with Crippen LogP contribution in [0.25, 0.3) is 0 Å². The van der Waals surface area contributed by atoms with Gasteiger partial charge in [-0.25, -0.2) is 0 Å². The number of ether oxygens (including phenoxy) is 1. The van der Waals surface area contributed by atoms with Gasteiger partial charge in [-0.15, -0.1) is 0 Å². The highest BCUT2D eigenvalue weighted by atomic mass is 16.5. The molecule has 0 radical (unpaired) electrons. The quantitative estimate of drug-likeness (QED) is 0.770. The summed E-state index contributed by atoms with van der Waals surface area (Å²) in [6, 6.07) is 14.4. The second-order valence-electron chi connectivity index (χ2n) is 4.93. The van der Waals surface area contributed by atoms with Crippen LogP contribution in [0.4, 0.5) is 11.4 Å². The van der Waals surface area contributed by atoms with E-state index >= 15 is 0 Å². The minimum absolute atomic E-state index is 0.0797. The minimum Gasteiger partial charge on any atom is -0.492 e. The molecule has 0 aliphatic rings. The van der Waals surface area contributed by atoms with E-state index in [1.165, 1.54) is 6.92 Å². The molecule has 0 heterocycles. The van der Waals surface area contributed by atoms with Crippen molar-refractivity contribution in [2.24, 2.45) is 0 Å². The summed E-state index contributed by atoms with van der Waals surface area (Å²) in [6.07, 6.45) is 0. The number of carbonyl (C=O) groups is 2. The van der Waals surface area contributed by atoms with Crippen LogP contribution in [0.15, 0.2) is 48.5 Å². The van der Waals surface area contributed by atoms with Gasteiger partial charge in [-0.05, 0) is 38.1 Å². The lowest BCUT2D eigenvalue weighted by Gasteiger charge is -2.13. The summed E-state index contributed by atoms with van der Waals surface area (Å²) in [6.45, 7) is 4.01. The highest BCUT2D eigenvalue weighted by Crippen LogP contribution is 2.23. The molecule has 0 fully saturated rings. The Labute approximate surface area is 135 Å². The number of nitrogens with one attached hydrogen (secondary N) is 2. The maximum Gasteiger partial charge on any atom is 0.243 e. The van der Waals surface area contributed by atoms with Gasteiger partial charge in [0.15, 0.2) is 5.78 Å². The van der Waals surface area contributed by atoms with E-state index in [2.05, 4.69) is 10.6 Å². The van der Waals surface area contributed by atoms with Crippen LogP contribution in [0.5, 0.6) is 5.75 Å². The van der Waals surface area contributed by atoms with E-state index in [9.17, 15) is 9.59 Å². The number of para-hydroxylation sites is 3. The molecule has 0 unspecified atom stereocenters. The fraction of sp³-hybridized carbons (Fsp3) is 0.222. The average molecular weight is 312 g/mol. The summed E-state index contributed by atoms with van der Waals surface area (Å²) in [4.78, 5) is 23.7. The highest BCUT2D eigenvalue weighted by molar-refractivity contribution is 6.04. The van der Waals surface area contributed by atoms with Gasteiger partial charge in [0.05, 0.1) is 24.5 Å². The van der Waals surface area contributed by atoms with Crippen molar-refractivity contribution in [2.75, 3.05) is 23.8 Å². The second kappa shape index (κ2) is 7.98. The van der Waals surface area contributed by atoms with Crippen molar-refractivity contribution in [3.05, 3.63) is 54.1 Å². The lowest BCUT2D eigenvalue weighted by Crippen LogP contribution is -2.23. The zero-order valence-corrected chi connectivity index (χ0v) is 13.3. The Kier molecular flexibility index (Phi) is 5.74. The van der Waals surface area contributed by atoms with Gasteiger partial charge >= 0.3 is 0 Å². The third-order valence-electron chi connectivity index (χ3n) is 3.21. The van der Waals surface area contributed by atoms with Crippen LogP contribution in [0, 0.1) is 0 Å². The van der Waals surface area contributed by atoms with Crippen LogP contribution in [-0.4, -0.2) is 24.8 Å². The first-order valence-corrected chi connectivity index (χ1v) is 7.47. The van der Waals surface area contributed by atoms with Crippen LogP contribution in [0.2, 0.25) is 0 Å². The molecule has 2 aromatic carbocycles. The lowest BCUT2D eigenvalue weighted by atomic mass is 10.1. The van der Waals surface area contributed by atoms with Gasteiger partial charge in [-0.3, -0.25) is 9.59 Å². The molecule has 2 rings (SSSR count). The van der Waals surface area contributed by atoms with Gasteiger partial charge in [0.2, 0.25) is 5.91 Å². The van der Waals surface area contributed by atoms with Crippen molar-refractivity contribution in [3.63, 3.8) is 0 Å². The number of carbonyl (C=O) groups excluding carboxylic acids is 2. The van der Waals surface area contributed by atoms with Crippen molar-refractivity contribution in [2.45, 2.75) is 13.8 Å². The molecule has 0 aliphatic carbocycles. The normalized spacial score (nSPS) is 10.0. The van der Waals surface area contributed by atoms with Gasteiger partial charge in [-0.2, -0.15) is 0 Å². The topological polar surface area (TPSA) is 67.4 Å². The smallest absolute Gasteiger partial charge is 0.243 e. The molecule has 23 heavy (non-hydrogen) atoms. The number of hydrogen-bond acceptors (Lipinski definition) is 4. The van der Waals surface area contributed by atoms with E-state index in [1.54, 1.807) is 24.3 Å². The van der Waals surface area contributed by atoms with Gasteiger partial charge < -0.3 is 15.4 Å². The fourth-order valence-corrected chi connectivity index (χ4v) is 2.16. The second-order valence-corrected chi connectivity index (χ2v) is 4.93. The zero-order chi connectivity index (χ0) is 16.7. The van der Waals surface area contributed by atoms with E-state index in [0.29, 0.717) is 23.6 Å². The number of hydrogen-bond donors (Lipinski definition) is 2. The van der Waals surface area contributed by atoms with Crippen molar-refractivity contribution in [3.8, 4) is 5.75 Å². The summed E-state index contributed by atoms with van der Waals surface area (Å²) < 4.78 is 5.50. The fourth-order valence-electron chi connectivity index (χ4n) is 2.16. The zero-order valence-electron chi connectivity index (χ0n) is 13.3. The van der Waals surface area contributed by atoms with Crippen molar-refractivity contribution < 1.29 is 14.3 Å². The third-order valence-corrected chi connectivity index (χ3v) is 3.21. The predicted octanol–water partition coefficient (Wildman–Crippen LogP) is 3.34. The highest BCUT2D eigenvalue weighted by Gasteiger charge is 2.10. The Balaban J connectivity index is 2.00. The molecule has 5 heteroatoms. The Hall–Kier alpha value is -2.82. The lowest BCUT2D eigenvalue weighted by molar-refractivity contribution is -0.114. The molecular formula is C18H20N2O3. The average Bonchev–Trinajstić information content (AvgIpc) is 2.54. The molecule has 0 saturated heterocycles. The SMILES string of the molecule is CCOc1ccccc1NCC(=O)Nc1ccccc1C(C)=O. The van der Waals surface area contributed by atoms with Gasteiger partial charge in [-0.1, -0.05) is 24.3 Å². The minimum atomic E-state index is -0.231. The molecule has 0 aromatic heterocycles. The van der Waals surface area contributed by atoms with Gasteiger partial charge in [0, 0.05) is 5.56 Å². The molecule has 0 spiro atoms. The van der Waals surface area contributed by atoms with Crippen molar-refractivity contribution in [1.29, 1.82) is 0 Å². The first kappa shape index (κ1) is 16.5. The van der Waals surface area contributed by atoms with Crippen molar-refractivity contribution >= 4 is 23.1 Å². The predicted molar refractivity (Wildman–Crippen MR) is 91.2 cm³/mol. The summed E-state index contributed by atoms with van der Waals surface area (Å²) in [5.74, 6) is 0.382. The summed E-state index contributed by atoms with van der Waals surface area (Å²) in [5.41, 5.74) is 1.77. The maximum absolute atomic E-state index is 12.1. The molecule has 5 nitrogen and oxygen atoms in total. The molecule has 2 aromatic rings. The van der Waals surface area contributed by atoms with Gasteiger partial charge in [0.1, 0.15) is 5.75 Å².